The Labute approximate surface area is 139 Å². The third-order valence-corrected chi connectivity index (χ3v) is 5.22. The van der Waals surface area contributed by atoms with Gasteiger partial charge in [-0.15, -0.1) is 12.4 Å². The first-order chi connectivity index (χ1) is 10.1. The summed E-state index contributed by atoms with van der Waals surface area (Å²) in [6.07, 6.45) is 2.88. The maximum atomic E-state index is 12.6. The van der Waals surface area contributed by atoms with Gasteiger partial charge in [-0.3, -0.25) is 4.79 Å². The first-order valence-electron chi connectivity index (χ1n) is 8.18. The van der Waals surface area contributed by atoms with Crippen molar-refractivity contribution in [3.05, 3.63) is 34.9 Å². The molecule has 2 fully saturated rings. The summed E-state index contributed by atoms with van der Waals surface area (Å²) in [6, 6.07) is 6.39. The third kappa shape index (κ3) is 3.82. The third-order valence-electron chi connectivity index (χ3n) is 5.22. The van der Waals surface area contributed by atoms with E-state index in [0.717, 1.165) is 50.9 Å². The zero-order valence-corrected chi connectivity index (χ0v) is 14.4. The Hall–Kier alpha value is -1.06. The number of halogens is 1. The van der Waals surface area contributed by atoms with Gasteiger partial charge in [0.1, 0.15) is 0 Å². The van der Waals surface area contributed by atoms with E-state index in [1.54, 1.807) is 0 Å². The van der Waals surface area contributed by atoms with Crippen LogP contribution in [0.3, 0.4) is 0 Å². The highest BCUT2D eigenvalue weighted by molar-refractivity contribution is 5.85. The molecule has 0 saturated carbocycles. The molecule has 3 rings (SSSR count). The van der Waals surface area contributed by atoms with Gasteiger partial charge in [0.15, 0.2) is 0 Å². The predicted molar refractivity (Wildman–Crippen MR) is 92.5 cm³/mol. The first-order valence-corrected chi connectivity index (χ1v) is 8.18. The molecule has 1 amide bonds. The summed E-state index contributed by atoms with van der Waals surface area (Å²) in [5.41, 5.74) is 3.65. The quantitative estimate of drug-likeness (QED) is 0.908. The monoisotopic (exact) mass is 322 g/mol. The van der Waals surface area contributed by atoms with Crippen molar-refractivity contribution in [2.75, 3.05) is 26.2 Å². The first kappa shape index (κ1) is 17.3. The fourth-order valence-corrected chi connectivity index (χ4v) is 3.73. The molecule has 1 aromatic rings. The van der Waals surface area contributed by atoms with Gasteiger partial charge in [0.25, 0.3) is 0 Å². The van der Waals surface area contributed by atoms with E-state index in [1.807, 2.05) is 0 Å². The Morgan fingerprint density at radius 3 is 2.45 bits per heavy atom. The zero-order valence-electron chi connectivity index (χ0n) is 13.6. The van der Waals surface area contributed by atoms with E-state index in [1.165, 1.54) is 16.7 Å². The number of benzene rings is 1. The van der Waals surface area contributed by atoms with Crippen molar-refractivity contribution in [1.29, 1.82) is 0 Å². The summed E-state index contributed by atoms with van der Waals surface area (Å²) in [6.45, 7) is 8.35. The number of likely N-dealkylation sites (tertiary alicyclic amines) is 1. The summed E-state index contributed by atoms with van der Waals surface area (Å²) in [7, 11) is 0. The molecule has 2 aliphatic rings. The van der Waals surface area contributed by atoms with Crippen LogP contribution in [0.5, 0.6) is 0 Å². The fraction of sp³-hybridized carbons (Fsp3) is 0.611. The number of aryl methyl sites for hydroxylation is 2. The topological polar surface area (TPSA) is 32.3 Å². The molecule has 2 heterocycles. The van der Waals surface area contributed by atoms with Crippen LogP contribution in [-0.2, 0) is 11.2 Å². The molecule has 2 aliphatic heterocycles. The fourth-order valence-electron chi connectivity index (χ4n) is 3.73. The largest absolute Gasteiger partial charge is 0.342 e. The highest BCUT2D eigenvalue weighted by atomic mass is 35.5. The van der Waals surface area contributed by atoms with Crippen LogP contribution in [0.1, 0.15) is 29.5 Å². The number of fused-ring (bicyclic) bond motifs is 1. The standard InChI is InChI=1S/C18H26N2O.ClH/c1-13-3-4-14(2)17(9-13)10-18(21)20-7-5-15-11-19-12-16(15)6-8-20;/h3-4,9,15-16,19H,5-8,10-12H2,1-2H3;1H/t15-,16+;. The van der Waals surface area contributed by atoms with Gasteiger partial charge in [-0.25, -0.2) is 0 Å². The molecule has 2 atom stereocenters. The number of hydrogen-bond donors (Lipinski definition) is 1. The van der Waals surface area contributed by atoms with Gasteiger partial charge in [-0.1, -0.05) is 23.8 Å². The van der Waals surface area contributed by atoms with Crippen LogP contribution in [0.25, 0.3) is 0 Å². The van der Waals surface area contributed by atoms with Gasteiger partial charge in [-0.05, 0) is 62.7 Å². The van der Waals surface area contributed by atoms with Crippen LogP contribution in [-0.4, -0.2) is 37.0 Å². The van der Waals surface area contributed by atoms with E-state index < -0.39 is 0 Å². The minimum atomic E-state index is 0. The van der Waals surface area contributed by atoms with E-state index in [9.17, 15) is 4.79 Å². The van der Waals surface area contributed by atoms with Crippen molar-refractivity contribution in [2.24, 2.45) is 11.8 Å². The summed E-state index contributed by atoms with van der Waals surface area (Å²) >= 11 is 0. The summed E-state index contributed by atoms with van der Waals surface area (Å²) in [4.78, 5) is 14.7. The lowest BCUT2D eigenvalue weighted by Gasteiger charge is -2.21. The molecule has 0 aliphatic carbocycles. The minimum absolute atomic E-state index is 0. The number of rotatable bonds is 2. The maximum absolute atomic E-state index is 12.6. The zero-order chi connectivity index (χ0) is 14.8. The average molecular weight is 323 g/mol. The molecule has 4 heteroatoms. The van der Waals surface area contributed by atoms with Crippen LogP contribution in [0.4, 0.5) is 0 Å². The van der Waals surface area contributed by atoms with Crippen molar-refractivity contribution in [3.63, 3.8) is 0 Å². The summed E-state index contributed by atoms with van der Waals surface area (Å²) < 4.78 is 0. The van der Waals surface area contributed by atoms with E-state index >= 15 is 0 Å². The molecule has 1 aromatic carbocycles. The molecule has 0 unspecified atom stereocenters. The van der Waals surface area contributed by atoms with E-state index in [-0.39, 0.29) is 12.4 Å². The Balaban J connectivity index is 0.00000176. The Bertz CT molecular complexity index is 518. The van der Waals surface area contributed by atoms with Crippen LogP contribution < -0.4 is 5.32 Å². The Morgan fingerprint density at radius 1 is 1.18 bits per heavy atom. The molecule has 2 saturated heterocycles. The van der Waals surface area contributed by atoms with Crippen LogP contribution in [0, 0.1) is 25.7 Å². The number of nitrogens with zero attached hydrogens (tertiary/aromatic N) is 1. The molecule has 0 radical (unpaired) electrons. The molecule has 3 nitrogen and oxygen atoms in total. The Morgan fingerprint density at radius 2 is 1.82 bits per heavy atom. The molecule has 0 spiro atoms. The number of amides is 1. The highest BCUT2D eigenvalue weighted by Crippen LogP contribution is 2.27. The van der Waals surface area contributed by atoms with Gasteiger partial charge in [0.2, 0.25) is 5.91 Å². The van der Waals surface area contributed by atoms with E-state index in [4.69, 9.17) is 0 Å². The average Bonchev–Trinajstić information content (AvgIpc) is 2.81. The van der Waals surface area contributed by atoms with Crippen molar-refractivity contribution in [2.45, 2.75) is 33.1 Å². The molecule has 0 bridgehead atoms. The second-order valence-corrected chi connectivity index (χ2v) is 6.74. The smallest absolute Gasteiger partial charge is 0.226 e. The SMILES string of the molecule is Cc1ccc(C)c(CC(=O)N2CC[C@@H]3CNC[C@@H]3CC2)c1.Cl. The van der Waals surface area contributed by atoms with Crippen molar-refractivity contribution < 1.29 is 4.79 Å². The van der Waals surface area contributed by atoms with Crippen molar-refractivity contribution in [1.82, 2.24) is 10.2 Å². The predicted octanol–water partition coefficient (Wildman–Crippen LogP) is 2.73. The Kier molecular flexibility index (Phi) is 5.87. The highest BCUT2D eigenvalue weighted by Gasteiger charge is 2.31. The number of hydrogen-bond acceptors (Lipinski definition) is 2. The van der Waals surface area contributed by atoms with Crippen LogP contribution in [0.2, 0.25) is 0 Å². The summed E-state index contributed by atoms with van der Waals surface area (Å²) in [5, 5.41) is 3.49. The number of nitrogens with one attached hydrogen (secondary N) is 1. The maximum Gasteiger partial charge on any atom is 0.226 e. The number of carbonyl (C=O) groups excluding carboxylic acids is 1. The molecule has 0 aromatic heterocycles. The van der Waals surface area contributed by atoms with Gasteiger partial charge in [0, 0.05) is 13.1 Å². The molecule has 22 heavy (non-hydrogen) atoms. The van der Waals surface area contributed by atoms with E-state index in [0.29, 0.717) is 12.3 Å². The second kappa shape index (κ2) is 7.47. The van der Waals surface area contributed by atoms with Crippen LogP contribution >= 0.6 is 12.4 Å². The van der Waals surface area contributed by atoms with Crippen molar-refractivity contribution in [3.8, 4) is 0 Å². The van der Waals surface area contributed by atoms with Gasteiger partial charge in [0.05, 0.1) is 6.42 Å². The van der Waals surface area contributed by atoms with E-state index in [2.05, 4.69) is 42.3 Å². The van der Waals surface area contributed by atoms with Crippen LogP contribution in [0.15, 0.2) is 18.2 Å². The normalized spacial score (nSPS) is 24.4. The van der Waals surface area contributed by atoms with Gasteiger partial charge < -0.3 is 10.2 Å². The molecule has 122 valence electrons. The summed E-state index contributed by atoms with van der Waals surface area (Å²) in [5.74, 6) is 1.86. The lowest BCUT2D eigenvalue weighted by Crippen LogP contribution is -2.34. The molecular formula is C18H27ClN2O. The lowest BCUT2D eigenvalue weighted by molar-refractivity contribution is -0.130. The lowest BCUT2D eigenvalue weighted by atomic mass is 9.92. The minimum Gasteiger partial charge on any atom is -0.342 e. The van der Waals surface area contributed by atoms with Gasteiger partial charge in [-0.2, -0.15) is 0 Å². The molecule has 1 N–H and O–H groups in total. The van der Waals surface area contributed by atoms with Crippen molar-refractivity contribution >= 4 is 18.3 Å². The second-order valence-electron chi connectivity index (χ2n) is 6.74. The molecular weight excluding hydrogens is 296 g/mol. The van der Waals surface area contributed by atoms with Gasteiger partial charge >= 0.3 is 0 Å². The number of carbonyl (C=O) groups is 1.